The minimum absolute atomic E-state index is 0.0403. The average Bonchev–Trinajstić information content (AvgIpc) is 2.70. The van der Waals surface area contributed by atoms with Crippen molar-refractivity contribution in [1.29, 1.82) is 0 Å². The zero-order valence-corrected chi connectivity index (χ0v) is 7.77. The van der Waals surface area contributed by atoms with Crippen LogP contribution in [0.5, 0.6) is 0 Å². The molecule has 1 aromatic heterocycles. The fourth-order valence-corrected chi connectivity index (χ4v) is 1.57. The van der Waals surface area contributed by atoms with Gasteiger partial charge in [0.25, 0.3) is 0 Å². The summed E-state index contributed by atoms with van der Waals surface area (Å²) in [5, 5.41) is 0. The molecular weight excluding hydrogens is 180 g/mol. The number of carbonyl (C=O) groups is 1. The van der Waals surface area contributed by atoms with Crippen LogP contribution in [-0.2, 0) is 4.74 Å². The van der Waals surface area contributed by atoms with Crippen molar-refractivity contribution in [3.8, 4) is 0 Å². The Bertz CT molecular complexity index is 346. The number of hydrogen-bond donors (Lipinski definition) is 1. The van der Waals surface area contributed by atoms with Crippen molar-refractivity contribution in [1.82, 2.24) is 4.98 Å². The third kappa shape index (κ3) is 1.61. The van der Waals surface area contributed by atoms with Gasteiger partial charge in [0.1, 0.15) is 0 Å². The van der Waals surface area contributed by atoms with Gasteiger partial charge >= 0.3 is 0 Å². The van der Waals surface area contributed by atoms with Gasteiger partial charge in [-0.25, -0.2) is 0 Å². The maximum absolute atomic E-state index is 11.9. The Morgan fingerprint density at radius 1 is 1.64 bits per heavy atom. The Morgan fingerprint density at radius 3 is 3.14 bits per heavy atom. The van der Waals surface area contributed by atoms with Crippen molar-refractivity contribution < 1.29 is 9.53 Å². The number of pyridine rings is 1. The van der Waals surface area contributed by atoms with Crippen LogP contribution in [0.1, 0.15) is 16.8 Å². The molecule has 0 aliphatic carbocycles. The van der Waals surface area contributed by atoms with Crippen molar-refractivity contribution in [2.45, 2.75) is 6.42 Å². The highest BCUT2D eigenvalue weighted by Crippen LogP contribution is 2.20. The molecule has 1 fully saturated rings. The Morgan fingerprint density at radius 2 is 2.50 bits per heavy atom. The summed E-state index contributed by atoms with van der Waals surface area (Å²) in [6, 6.07) is 1.64. The number of rotatable bonds is 2. The first-order valence-corrected chi connectivity index (χ1v) is 4.60. The number of nitrogens with two attached hydrogens (primary N) is 1. The second kappa shape index (κ2) is 3.75. The highest BCUT2D eigenvalue weighted by atomic mass is 16.5. The maximum atomic E-state index is 11.9. The number of carbonyl (C=O) groups excluding carboxylic acids is 1. The van der Waals surface area contributed by atoms with Gasteiger partial charge in [0.05, 0.1) is 12.2 Å². The maximum Gasteiger partial charge on any atom is 0.171 e. The summed E-state index contributed by atoms with van der Waals surface area (Å²) in [7, 11) is 0. The number of nitrogens with zero attached hydrogens (tertiary/aromatic N) is 1. The van der Waals surface area contributed by atoms with Crippen molar-refractivity contribution in [3.63, 3.8) is 0 Å². The third-order valence-corrected chi connectivity index (χ3v) is 2.42. The molecule has 0 amide bonds. The van der Waals surface area contributed by atoms with E-state index in [1.807, 2.05) is 0 Å². The van der Waals surface area contributed by atoms with E-state index in [0.29, 0.717) is 24.5 Å². The zero-order valence-electron chi connectivity index (χ0n) is 7.77. The molecule has 0 aromatic carbocycles. The van der Waals surface area contributed by atoms with E-state index in [4.69, 9.17) is 10.5 Å². The first kappa shape index (κ1) is 9.15. The minimum Gasteiger partial charge on any atom is -0.398 e. The lowest BCUT2D eigenvalue weighted by atomic mass is 9.97. The SMILES string of the molecule is Nc1ccncc1C(=O)C1CCOC1. The smallest absolute Gasteiger partial charge is 0.171 e. The highest BCUT2D eigenvalue weighted by molar-refractivity contribution is 6.02. The molecule has 0 bridgehead atoms. The molecule has 0 radical (unpaired) electrons. The van der Waals surface area contributed by atoms with Gasteiger partial charge in [-0.15, -0.1) is 0 Å². The highest BCUT2D eigenvalue weighted by Gasteiger charge is 2.25. The van der Waals surface area contributed by atoms with E-state index in [1.165, 1.54) is 6.20 Å². The molecule has 1 saturated heterocycles. The molecule has 14 heavy (non-hydrogen) atoms. The quantitative estimate of drug-likeness (QED) is 0.706. The molecule has 2 N–H and O–H groups in total. The van der Waals surface area contributed by atoms with E-state index < -0.39 is 0 Å². The Hall–Kier alpha value is -1.42. The number of hydrogen-bond acceptors (Lipinski definition) is 4. The van der Waals surface area contributed by atoms with Crippen molar-refractivity contribution in [2.75, 3.05) is 18.9 Å². The van der Waals surface area contributed by atoms with Crippen LogP contribution >= 0.6 is 0 Å². The fourth-order valence-electron chi connectivity index (χ4n) is 1.57. The van der Waals surface area contributed by atoms with E-state index >= 15 is 0 Å². The predicted octanol–water partition coefficient (Wildman–Crippen LogP) is 0.883. The normalized spacial score (nSPS) is 21.0. The molecule has 1 atom stereocenters. The lowest BCUT2D eigenvalue weighted by Gasteiger charge is -2.07. The van der Waals surface area contributed by atoms with Crippen molar-refractivity contribution >= 4 is 11.5 Å². The van der Waals surface area contributed by atoms with Gasteiger partial charge < -0.3 is 10.5 Å². The minimum atomic E-state index is -0.0403. The summed E-state index contributed by atoms with van der Waals surface area (Å²) in [5.74, 6) is 0.00889. The number of nitrogen functional groups attached to an aromatic ring is 1. The summed E-state index contributed by atoms with van der Waals surface area (Å²) in [6.45, 7) is 1.17. The van der Waals surface area contributed by atoms with Gasteiger partial charge in [0.2, 0.25) is 0 Å². The second-order valence-electron chi connectivity index (χ2n) is 3.39. The zero-order chi connectivity index (χ0) is 9.97. The van der Waals surface area contributed by atoms with E-state index in [-0.39, 0.29) is 11.7 Å². The molecule has 0 saturated carbocycles. The number of ether oxygens (including phenoxy) is 1. The molecular formula is C10H12N2O2. The Balaban J connectivity index is 2.22. The van der Waals surface area contributed by atoms with Gasteiger partial charge in [0, 0.05) is 30.6 Å². The summed E-state index contributed by atoms with van der Waals surface area (Å²) >= 11 is 0. The Kier molecular flexibility index (Phi) is 2.45. The molecule has 74 valence electrons. The fraction of sp³-hybridized carbons (Fsp3) is 0.400. The second-order valence-corrected chi connectivity index (χ2v) is 3.39. The van der Waals surface area contributed by atoms with E-state index in [0.717, 1.165) is 6.42 Å². The van der Waals surface area contributed by atoms with E-state index in [2.05, 4.69) is 4.98 Å². The largest absolute Gasteiger partial charge is 0.398 e. The van der Waals surface area contributed by atoms with Gasteiger partial charge in [-0.2, -0.15) is 0 Å². The molecule has 1 unspecified atom stereocenters. The molecule has 4 heteroatoms. The van der Waals surface area contributed by atoms with E-state index in [9.17, 15) is 4.79 Å². The number of aromatic nitrogens is 1. The number of ketones is 1. The van der Waals surface area contributed by atoms with Crippen LogP contribution in [0.2, 0.25) is 0 Å². The lowest BCUT2D eigenvalue weighted by Crippen LogP contribution is -2.16. The predicted molar refractivity (Wildman–Crippen MR) is 51.9 cm³/mol. The monoisotopic (exact) mass is 192 g/mol. The average molecular weight is 192 g/mol. The van der Waals surface area contributed by atoms with Crippen molar-refractivity contribution in [3.05, 3.63) is 24.0 Å². The first-order chi connectivity index (χ1) is 6.79. The van der Waals surface area contributed by atoms with Gasteiger partial charge in [-0.3, -0.25) is 9.78 Å². The third-order valence-electron chi connectivity index (χ3n) is 2.42. The molecule has 2 rings (SSSR count). The van der Waals surface area contributed by atoms with E-state index in [1.54, 1.807) is 12.3 Å². The number of Topliss-reactive ketones (excluding diaryl/α,β-unsaturated/α-hetero) is 1. The molecule has 1 aliphatic rings. The first-order valence-electron chi connectivity index (χ1n) is 4.60. The number of anilines is 1. The summed E-state index contributed by atoms with van der Waals surface area (Å²) in [4.78, 5) is 15.8. The van der Waals surface area contributed by atoms with Crippen LogP contribution in [0, 0.1) is 5.92 Å². The topological polar surface area (TPSA) is 65.2 Å². The van der Waals surface area contributed by atoms with Gasteiger partial charge in [-0.1, -0.05) is 0 Å². The van der Waals surface area contributed by atoms with Gasteiger partial charge in [0.15, 0.2) is 5.78 Å². The van der Waals surface area contributed by atoms with Crippen LogP contribution in [0.3, 0.4) is 0 Å². The van der Waals surface area contributed by atoms with Crippen molar-refractivity contribution in [2.24, 2.45) is 5.92 Å². The molecule has 1 aliphatic heterocycles. The molecule has 1 aromatic rings. The van der Waals surface area contributed by atoms with Crippen LogP contribution < -0.4 is 5.73 Å². The standard InChI is InChI=1S/C10H12N2O2/c11-9-1-3-12-5-8(9)10(13)7-2-4-14-6-7/h1,3,5,7H,2,4,6H2,(H2,11,12). The summed E-state index contributed by atoms with van der Waals surface area (Å²) < 4.78 is 5.16. The van der Waals surface area contributed by atoms with Crippen LogP contribution in [-0.4, -0.2) is 24.0 Å². The van der Waals surface area contributed by atoms with Gasteiger partial charge in [-0.05, 0) is 12.5 Å². The summed E-state index contributed by atoms with van der Waals surface area (Å²) in [6.07, 6.45) is 3.89. The molecule has 2 heterocycles. The van der Waals surface area contributed by atoms with Crippen LogP contribution in [0.25, 0.3) is 0 Å². The summed E-state index contributed by atoms with van der Waals surface area (Å²) in [5.41, 5.74) is 6.70. The Labute approximate surface area is 82.1 Å². The molecule has 4 nitrogen and oxygen atoms in total. The lowest BCUT2D eigenvalue weighted by molar-refractivity contribution is 0.0901. The van der Waals surface area contributed by atoms with Crippen LogP contribution in [0.4, 0.5) is 5.69 Å². The molecule has 0 spiro atoms. The van der Waals surface area contributed by atoms with Crippen LogP contribution in [0.15, 0.2) is 18.5 Å².